The molecule has 1 saturated heterocycles. The van der Waals surface area contributed by atoms with E-state index < -0.39 is 11.7 Å². The van der Waals surface area contributed by atoms with Crippen molar-refractivity contribution in [2.24, 2.45) is 0 Å². The second kappa shape index (κ2) is 7.33. The van der Waals surface area contributed by atoms with Crippen LogP contribution >= 0.6 is 11.6 Å². The lowest BCUT2D eigenvalue weighted by atomic mass is 10.1. The fourth-order valence-corrected chi connectivity index (χ4v) is 3.20. The summed E-state index contributed by atoms with van der Waals surface area (Å²) in [4.78, 5) is 28.5. The highest BCUT2D eigenvalue weighted by Crippen LogP contribution is 2.26. The molecular weight excluding hydrogens is 359 g/mol. The van der Waals surface area contributed by atoms with Crippen LogP contribution in [0.5, 0.6) is 5.75 Å². The lowest BCUT2D eigenvalue weighted by Gasteiger charge is -2.39. The molecular formula is C19H18ClFN2O3. The van der Waals surface area contributed by atoms with Crippen LogP contribution in [0.25, 0.3) is 0 Å². The fraction of sp³-hybridized carbons (Fsp3) is 0.263. The first-order valence-electron chi connectivity index (χ1n) is 8.11. The van der Waals surface area contributed by atoms with E-state index in [-0.39, 0.29) is 29.8 Å². The standard InChI is InChI=1S/C19H18ClFN2O3/c1-12-10-23(15-5-3-4-13(20)8-15)18(24)11-22(12)19(25)16-9-14(21)6-7-17(16)26-2/h3-9,12H,10-11H2,1-2H3/t12-/m0/s1. The number of carbonyl (C=O) groups excluding carboxylic acids is 2. The number of carbonyl (C=O) groups is 2. The second-order valence-corrected chi connectivity index (χ2v) is 6.55. The molecule has 1 atom stereocenters. The Morgan fingerprint density at radius 3 is 2.73 bits per heavy atom. The molecule has 0 radical (unpaired) electrons. The average molecular weight is 377 g/mol. The predicted molar refractivity (Wildman–Crippen MR) is 97.3 cm³/mol. The van der Waals surface area contributed by atoms with Crippen LogP contribution in [0.2, 0.25) is 5.02 Å². The molecule has 0 N–H and O–H groups in total. The maximum absolute atomic E-state index is 13.6. The van der Waals surface area contributed by atoms with Gasteiger partial charge in [0.25, 0.3) is 5.91 Å². The van der Waals surface area contributed by atoms with Gasteiger partial charge in [-0.3, -0.25) is 9.59 Å². The summed E-state index contributed by atoms with van der Waals surface area (Å²) in [6.45, 7) is 2.06. The SMILES string of the molecule is COc1ccc(F)cc1C(=O)N1CC(=O)N(c2cccc(Cl)c2)C[C@@H]1C. The van der Waals surface area contributed by atoms with Crippen molar-refractivity contribution in [3.8, 4) is 5.75 Å². The molecule has 0 saturated carbocycles. The lowest BCUT2D eigenvalue weighted by molar-refractivity contribution is -0.121. The van der Waals surface area contributed by atoms with E-state index in [2.05, 4.69) is 0 Å². The lowest BCUT2D eigenvalue weighted by Crippen LogP contribution is -2.57. The number of amides is 2. The molecule has 7 heteroatoms. The van der Waals surface area contributed by atoms with Crippen molar-refractivity contribution >= 4 is 29.1 Å². The molecule has 2 aromatic rings. The Bertz CT molecular complexity index is 858. The monoisotopic (exact) mass is 376 g/mol. The van der Waals surface area contributed by atoms with Gasteiger partial charge in [-0.1, -0.05) is 17.7 Å². The third-order valence-electron chi connectivity index (χ3n) is 4.36. The first-order chi connectivity index (χ1) is 12.4. The fourth-order valence-electron chi connectivity index (χ4n) is 3.02. The molecule has 2 aromatic carbocycles. The van der Waals surface area contributed by atoms with Crippen molar-refractivity contribution in [2.45, 2.75) is 13.0 Å². The zero-order valence-corrected chi connectivity index (χ0v) is 15.2. The molecule has 1 aliphatic rings. The van der Waals surface area contributed by atoms with E-state index in [1.807, 2.05) is 6.92 Å². The van der Waals surface area contributed by atoms with Gasteiger partial charge in [-0.05, 0) is 43.3 Å². The third kappa shape index (κ3) is 3.51. The Balaban J connectivity index is 1.85. The molecule has 26 heavy (non-hydrogen) atoms. The minimum Gasteiger partial charge on any atom is -0.496 e. The van der Waals surface area contributed by atoms with Crippen LogP contribution in [0, 0.1) is 5.82 Å². The van der Waals surface area contributed by atoms with Crippen molar-refractivity contribution in [1.82, 2.24) is 4.90 Å². The van der Waals surface area contributed by atoms with Crippen LogP contribution in [0.3, 0.4) is 0 Å². The molecule has 1 heterocycles. The smallest absolute Gasteiger partial charge is 0.258 e. The first kappa shape index (κ1) is 18.2. The first-order valence-corrected chi connectivity index (χ1v) is 8.49. The van der Waals surface area contributed by atoms with Gasteiger partial charge in [-0.25, -0.2) is 4.39 Å². The van der Waals surface area contributed by atoms with E-state index in [1.54, 1.807) is 29.2 Å². The van der Waals surface area contributed by atoms with Crippen LogP contribution < -0.4 is 9.64 Å². The quantitative estimate of drug-likeness (QED) is 0.825. The second-order valence-electron chi connectivity index (χ2n) is 6.11. The Labute approximate surface area is 155 Å². The molecule has 0 aromatic heterocycles. The van der Waals surface area contributed by atoms with E-state index >= 15 is 0 Å². The van der Waals surface area contributed by atoms with E-state index in [1.165, 1.54) is 24.1 Å². The summed E-state index contributed by atoms with van der Waals surface area (Å²) in [6.07, 6.45) is 0. The topological polar surface area (TPSA) is 49.9 Å². The molecule has 5 nitrogen and oxygen atoms in total. The summed E-state index contributed by atoms with van der Waals surface area (Å²) in [5.74, 6) is -0.930. The van der Waals surface area contributed by atoms with Crippen molar-refractivity contribution in [2.75, 3.05) is 25.1 Å². The number of hydrogen-bond donors (Lipinski definition) is 0. The zero-order chi connectivity index (χ0) is 18.8. The molecule has 3 rings (SSSR count). The number of ether oxygens (including phenoxy) is 1. The number of nitrogens with zero attached hydrogens (tertiary/aromatic N) is 2. The highest BCUT2D eigenvalue weighted by molar-refractivity contribution is 6.30. The molecule has 1 aliphatic heterocycles. The maximum Gasteiger partial charge on any atom is 0.258 e. The number of hydrogen-bond acceptors (Lipinski definition) is 3. The molecule has 0 aliphatic carbocycles. The molecule has 2 amide bonds. The van der Waals surface area contributed by atoms with E-state index in [4.69, 9.17) is 16.3 Å². The number of piperazine rings is 1. The van der Waals surface area contributed by atoms with Crippen LogP contribution in [0.1, 0.15) is 17.3 Å². The van der Waals surface area contributed by atoms with Crippen LogP contribution in [0.4, 0.5) is 10.1 Å². The highest BCUT2D eigenvalue weighted by Gasteiger charge is 2.34. The van der Waals surface area contributed by atoms with Gasteiger partial charge >= 0.3 is 0 Å². The van der Waals surface area contributed by atoms with Gasteiger partial charge in [-0.2, -0.15) is 0 Å². The van der Waals surface area contributed by atoms with Crippen LogP contribution in [0.15, 0.2) is 42.5 Å². The molecule has 0 unspecified atom stereocenters. The largest absolute Gasteiger partial charge is 0.496 e. The van der Waals surface area contributed by atoms with Crippen molar-refractivity contribution < 1.29 is 18.7 Å². The van der Waals surface area contributed by atoms with Crippen LogP contribution in [-0.4, -0.2) is 43.0 Å². The Morgan fingerprint density at radius 1 is 1.27 bits per heavy atom. The number of rotatable bonds is 3. The molecule has 136 valence electrons. The molecule has 1 fully saturated rings. The number of anilines is 1. The summed E-state index contributed by atoms with van der Waals surface area (Å²) in [7, 11) is 1.41. The Hall–Kier alpha value is -2.60. The summed E-state index contributed by atoms with van der Waals surface area (Å²) in [5, 5.41) is 0.533. The minimum absolute atomic E-state index is 0.100. The normalized spacial score (nSPS) is 17.4. The molecule has 0 bridgehead atoms. The van der Waals surface area contributed by atoms with Gasteiger partial charge in [-0.15, -0.1) is 0 Å². The summed E-state index contributed by atoms with van der Waals surface area (Å²) in [6, 6.07) is 10.5. The summed E-state index contributed by atoms with van der Waals surface area (Å²) < 4.78 is 18.7. The predicted octanol–water partition coefficient (Wildman–Crippen LogP) is 3.37. The van der Waals surface area contributed by atoms with Crippen molar-refractivity contribution in [1.29, 1.82) is 0 Å². The van der Waals surface area contributed by atoms with Gasteiger partial charge in [0, 0.05) is 23.3 Å². The zero-order valence-electron chi connectivity index (χ0n) is 14.4. The van der Waals surface area contributed by atoms with Crippen molar-refractivity contribution in [3.05, 3.63) is 58.9 Å². The van der Waals surface area contributed by atoms with Gasteiger partial charge in [0.1, 0.15) is 18.1 Å². The van der Waals surface area contributed by atoms with E-state index in [0.29, 0.717) is 17.3 Å². The Morgan fingerprint density at radius 2 is 2.04 bits per heavy atom. The van der Waals surface area contributed by atoms with Crippen molar-refractivity contribution in [3.63, 3.8) is 0 Å². The van der Waals surface area contributed by atoms with Gasteiger partial charge in [0.05, 0.1) is 12.7 Å². The number of methoxy groups -OCH3 is 1. The van der Waals surface area contributed by atoms with Gasteiger partial charge in [0.15, 0.2) is 0 Å². The minimum atomic E-state index is -0.536. The van der Waals surface area contributed by atoms with Crippen LogP contribution in [-0.2, 0) is 4.79 Å². The van der Waals surface area contributed by atoms with Gasteiger partial charge in [0.2, 0.25) is 5.91 Å². The summed E-state index contributed by atoms with van der Waals surface area (Å²) >= 11 is 6.00. The molecule has 0 spiro atoms. The third-order valence-corrected chi connectivity index (χ3v) is 4.59. The Kier molecular flexibility index (Phi) is 5.13. The van der Waals surface area contributed by atoms with Gasteiger partial charge < -0.3 is 14.5 Å². The number of halogens is 2. The average Bonchev–Trinajstić information content (AvgIpc) is 2.62. The maximum atomic E-state index is 13.6. The van der Waals surface area contributed by atoms with E-state index in [0.717, 1.165) is 6.07 Å². The summed E-state index contributed by atoms with van der Waals surface area (Å²) in [5.41, 5.74) is 0.785. The number of benzene rings is 2. The van der Waals surface area contributed by atoms with E-state index in [9.17, 15) is 14.0 Å². The highest BCUT2D eigenvalue weighted by atomic mass is 35.5.